The van der Waals surface area contributed by atoms with Crippen molar-refractivity contribution < 1.29 is 12.8 Å². The molecule has 0 bridgehead atoms. The molecule has 1 aromatic rings. The number of benzene rings is 1. The van der Waals surface area contributed by atoms with Crippen molar-refractivity contribution in [1.29, 1.82) is 5.26 Å². The predicted octanol–water partition coefficient (Wildman–Crippen LogP) is 1.26. The molecule has 0 saturated carbocycles. The summed E-state index contributed by atoms with van der Waals surface area (Å²) >= 11 is 0. The van der Waals surface area contributed by atoms with Crippen molar-refractivity contribution in [3.63, 3.8) is 0 Å². The first kappa shape index (κ1) is 22.1. The van der Waals surface area contributed by atoms with Crippen LogP contribution in [0.25, 0.3) is 0 Å². The highest BCUT2D eigenvalue weighted by Crippen LogP contribution is 2.12. The largest absolute Gasteiger partial charge is 0.357 e. The first-order chi connectivity index (χ1) is 13.3. The standard InChI is InChI=1S/C19H28FN5O2S/c1-3-22-19(23-14-16-12-15(13-21)4-5-18(16)20)24-17-6-8-25(9-7-17)10-11-28(2,26)27/h4-5,12,17H,3,6-11,14H2,1-2H3,(H2,22,23,24). The van der Waals surface area contributed by atoms with Crippen LogP contribution in [0.15, 0.2) is 23.2 Å². The van der Waals surface area contributed by atoms with Crippen molar-refractivity contribution in [2.45, 2.75) is 32.4 Å². The van der Waals surface area contributed by atoms with Gasteiger partial charge in [0.1, 0.15) is 15.7 Å². The van der Waals surface area contributed by atoms with E-state index >= 15 is 0 Å². The van der Waals surface area contributed by atoms with Crippen molar-refractivity contribution in [2.24, 2.45) is 4.99 Å². The number of nitrogens with one attached hydrogen (secondary N) is 2. The molecule has 1 heterocycles. The van der Waals surface area contributed by atoms with Gasteiger partial charge in [0.05, 0.1) is 23.9 Å². The Morgan fingerprint density at radius 3 is 2.71 bits per heavy atom. The van der Waals surface area contributed by atoms with Gasteiger partial charge in [0.2, 0.25) is 0 Å². The molecule has 1 aliphatic rings. The molecule has 0 radical (unpaired) electrons. The first-order valence-corrected chi connectivity index (χ1v) is 11.5. The minimum atomic E-state index is -2.94. The van der Waals surface area contributed by atoms with Crippen LogP contribution in [-0.2, 0) is 16.4 Å². The molecule has 1 fully saturated rings. The van der Waals surface area contributed by atoms with E-state index in [0.717, 1.165) is 25.9 Å². The Kier molecular flexibility index (Phi) is 8.20. The van der Waals surface area contributed by atoms with Gasteiger partial charge in [0.25, 0.3) is 0 Å². The normalized spacial score (nSPS) is 16.6. The third kappa shape index (κ3) is 7.44. The van der Waals surface area contributed by atoms with E-state index in [0.29, 0.717) is 30.2 Å². The van der Waals surface area contributed by atoms with Gasteiger partial charge >= 0.3 is 0 Å². The first-order valence-electron chi connectivity index (χ1n) is 9.44. The number of rotatable bonds is 7. The molecule has 0 atom stereocenters. The van der Waals surface area contributed by atoms with Gasteiger partial charge in [-0.2, -0.15) is 5.26 Å². The van der Waals surface area contributed by atoms with E-state index in [1.165, 1.54) is 24.5 Å². The van der Waals surface area contributed by atoms with E-state index in [9.17, 15) is 12.8 Å². The van der Waals surface area contributed by atoms with Gasteiger partial charge in [-0.15, -0.1) is 0 Å². The van der Waals surface area contributed by atoms with Crippen molar-refractivity contribution in [2.75, 3.05) is 38.2 Å². The minimum Gasteiger partial charge on any atom is -0.357 e. The maximum absolute atomic E-state index is 13.9. The van der Waals surface area contributed by atoms with Crippen molar-refractivity contribution in [3.05, 3.63) is 35.1 Å². The average Bonchev–Trinajstić information content (AvgIpc) is 2.66. The van der Waals surface area contributed by atoms with Crippen LogP contribution in [0.2, 0.25) is 0 Å². The molecule has 0 amide bonds. The van der Waals surface area contributed by atoms with Crippen molar-refractivity contribution in [3.8, 4) is 6.07 Å². The molecule has 2 N–H and O–H groups in total. The van der Waals surface area contributed by atoms with Crippen LogP contribution in [0.4, 0.5) is 4.39 Å². The second-order valence-corrected chi connectivity index (χ2v) is 9.26. The minimum absolute atomic E-state index is 0.143. The second kappa shape index (κ2) is 10.4. The number of likely N-dealkylation sites (tertiary alicyclic amines) is 1. The smallest absolute Gasteiger partial charge is 0.191 e. The summed E-state index contributed by atoms with van der Waals surface area (Å²) in [6.45, 7) is 5.00. The number of nitrogens with zero attached hydrogens (tertiary/aromatic N) is 3. The van der Waals surface area contributed by atoms with E-state index in [4.69, 9.17) is 5.26 Å². The van der Waals surface area contributed by atoms with E-state index in [2.05, 4.69) is 20.5 Å². The number of piperidine rings is 1. The predicted molar refractivity (Wildman–Crippen MR) is 108 cm³/mol. The lowest BCUT2D eigenvalue weighted by Gasteiger charge is -2.32. The van der Waals surface area contributed by atoms with E-state index in [1.54, 1.807) is 0 Å². The molecule has 2 rings (SSSR count). The molecule has 1 saturated heterocycles. The highest BCUT2D eigenvalue weighted by molar-refractivity contribution is 7.90. The Bertz CT molecular complexity index is 827. The summed E-state index contributed by atoms with van der Waals surface area (Å²) in [5, 5.41) is 15.5. The number of nitriles is 1. The van der Waals surface area contributed by atoms with Gasteiger partial charge in [-0.25, -0.2) is 17.8 Å². The number of hydrogen-bond donors (Lipinski definition) is 2. The van der Waals surface area contributed by atoms with Crippen LogP contribution in [0.1, 0.15) is 30.9 Å². The molecule has 1 aromatic carbocycles. The topological polar surface area (TPSA) is 97.6 Å². The Balaban J connectivity index is 1.91. The highest BCUT2D eigenvalue weighted by atomic mass is 32.2. The Morgan fingerprint density at radius 1 is 1.39 bits per heavy atom. The van der Waals surface area contributed by atoms with Gasteiger partial charge in [-0.1, -0.05) is 0 Å². The van der Waals surface area contributed by atoms with Crippen LogP contribution in [0.3, 0.4) is 0 Å². The van der Waals surface area contributed by atoms with E-state index in [-0.39, 0.29) is 24.2 Å². The van der Waals surface area contributed by atoms with Gasteiger partial charge in [-0.05, 0) is 38.0 Å². The zero-order valence-electron chi connectivity index (χ0n) is 16.4. The van der Waals surface area contributed by atoms with E-state index < -0.39 is 9.84 Å². The summed E-state index contributed by atoms with van der Waals surface area (Å²) in [7, 11) is -2.94. The fourth-order valence-electron chi connectivity index (χ4n) is 3.04. The Morgan fingerprint density at radius 2 is 2.11 bits per heavy atom. The number of sulfone groups is 1. The van der Waals surface area contributed by atoms with Crippen molar-refractivity contribution >= 4 is 15.8 Å². The molecule has 9 heteroatoms. The van der Waals surface area contributed by atoms with Crippen LogP contribution >= 0.6 is 0 Å². The molecule has 0 aliphatic carbocycles. The summed E-state index contributed by atoms with van der Waals surface area (Å²) < 4.78 is 36.5. The van der Waals surface area contributed by atoms with Gasteiger partial charge in [0.15, 0.2) is 5.96 Å². The van der Waals surface area contributed by atoms with E-state index in [1.807, 2.05) is 13.0 Å². The monoisotopic (exact) mass is 409 g/mol. The molecule has 1 aliphatic heterocycles. The number of hydrogen-bond acceptors (Lipinski definition) is 5. The van der Waals surface area contributed by atoms with Crippen LogP contribution < -0.4 is 10.6 Å². The third-order valence-corrected chi connectivity index (χ3v) is 5.56. The van der Waals surface area contributed by atoms with Gasteiger partial charge in [-0.3, -0.25) is 0 Å². The highest BCUT2D eigenvalue weighted by Gasteiger charge is 2.20. The molecule has 0 unspecified atom stereocenters. The quantitative estimate of drug-likeness (QED) is 0.520. The van der Waals surface area contributed by atoms with Crippen LogP contribution in [-0.4, -0.2) is 63.5 Å². The molecular formula is C19H28FN5O2S. The number of aliphatic imine (C=N–C) groups is 1. The molecule has 28 heavy (non-hydrogen) atoms. The number of guanidine groups is 1. The number of halogens is 1. The SMILES string of the molecule is CCNC(=NCc1cc(C#N)ccc1F)NC1CCN(CCS(C)(=O)=O)CC1. The van der Waals surface area contributed by atoms with Gasteiger partial charge < -0.3 is 15.5 Å². The molecule has 154 valence electrons. The summed E-state index contributed by atoms with van der Waals surface area (Å²) in [5.74, 6) is 0.416. The second-order valence-electron chi connectivity index (χ2n) is 7.00. The Labute approximate surface area is 166 Å². The summed E-state index contributed by atoms with van der Waals surface area (Å²) in [6, 6.07) is 6.48. The average molecular weight is 410 g/mol. The van der Waals surface area contributed by atoms with Crippen molar-refractivity contribution in [1.82, 2.24) is 15.5 Å². The van der Waals surface area contributed by atoms with Gasteiger partial charge in [0, 0.05) is 44.0 Å². The Hall–Kier alpha value is -2.18. The fraction of sp³-hybridized carbons (Fsp3) is 0.579. The zero-order chi connectivity index (χ0) is 20.6. The maximum atomic E-state index is 13.9. The molecule has 0 aromatic heterocycles. The zero-order valence-corrected chi connectivity index (χ0v) is 17.2. The van der Waals surface area contributed by atoms with Crippen LogP contribution in [0.5, 0.6) is 0 Å². The summed E-state index contributed by atoms with van der Waals surface area (Å²) in [6.07, 6.45) is 3.02. The fourth-order valence-corrected chi connectivity index (χ4v) is 3.63. The molecular weight excluding hydrogens is 381 g/mol. The lowest BCUT2D eigenvalue weighted by atomic mass is 10.1. The lowest BCUT2D eigenvalue weighted by molar-refractivity contribution is 0.216. The lowest BCUT2D eigenvalue weighted by Crippen LogP contribution is -2.49. The molecule has 7 nitrogen and oxygen atoms in total. The van der Waals surface area contributed by atoms with Crippen LogP contribution in [0, 0.1) is 17.1 Å². The maximum Gasteiger partial charge on any atom is 0.191 e. The summed E-state index contributed by atoms with van der Waals surface area (Å²) in [5.41, 5.74) is 0.790. The summed E-state index contributed by atoms with van der Waals surface area (Å²) in [4.78, 5) is 6.61. The molecule has 0 spiro atoms. The third-order valence-electron chi connectivity index (χ3n) is 4.63.